The molecule has 0 radical (unpaired) electrons. The molecule has 1 unspecified atom stereocenters. The van der Waals surface area contributed by atoms with Gasteiger partial charge in [0.1, 0.15) is 0 Å². The molecule has 0 saturated heterocycles. The van der Waals surface area contributed by atoms with Gasteiger partial charge in [0.25, 0.3) is 0 Å². The summed E-state index contributed by atoms with van der Waals surface area (Å²) in [4.78, 5) is 4.33. The van der Waals surface area contributed by atoms with Crippen LogP contribution in [-0.2, 0) is 13.0 Å². The summed E-state index contributed by atoms with van der Waals surface area (Å²) in [5.41, 5.74) is 4.75. The molecule has 0 aliphatic heterocycles. The number of aryl methyl sites for hydroxylation is 3. The van der Waals surface area contributed by atoms with Crippen molar-refractivity contribution in [2.24, 2.45) is 0 Å². The van der Waals surface area contributed by atoms with Crippen molar-refractivity contribution in [1.29, 1.82) is 0 Å². The van der Waals surface area contributed by atoms with E-state index in [2.05, 4.69) is 59.9 Å². The molecule has 108 valence electrons. The van der Waals surface area contributed by atoms with E-state index in [9.17, 15) is 0 Å². The largest absolute Gasteiger partial charge is 0.305 e. The lowest BCUT2D eigenvalue weighted by Crippen LogP contribution is -2.25. The molecule has 0 saturated carbocycles. The second-order valence-corrected chi connectivity index (χ2v) is 5.02. The lowest BCUT2D eigenvalue weighted by atomic mass is 10.0. The van der Waals surface area contributed by atoms with Crippen LogP contribution in [0.5, 0.6) is 0 Å². The first-order chi connectivity index (χ1) is 9.69. The minimum atomic E-state index is 0.153. The van der Waals surface area contributed by atoms with Gasteiger partial charge in [-0.15, -0.1) is 0 Å². The first kappa shape index (κ1) is 14.7. The van der Waals surface area contributed by atoms with Crippen molar-refractivity contribution in [3.05, 3.63) is 47.0 Å². The molecule has 0 bridgehead atoms. The van der Waals surface area contributed by atoms with E-state index in [-0.39, 0.29) is 6.04 Å². The Bertz CT molecular complexity index is 559. The van der Waals surface area contributed by atoms with Gasteiger partial charge in [-0.25, -0.2) is 0 Å². The molecule has 0 aromatic carbocycles. The molecule has 2 aromatic heterocycles. The third-order valence-electron chi connectivity index (χ3n) is 3.46. The van der Waals surface area contributed by atoms with Gasteiger partial charge in [0.05, 0.1) is 17.4 Å². The van der Waals surface area contributed by atoms with Crippen molar-refractivity contribution in [2.75, 3.05) is 6.54 Å². The number of pyridine rings is 1. The summed E-state index contributed by atoms with van der Waals surface area (Å²) in [5, 5.41) is 8.21. The average Bonchev–Trinajstić information content (AvgIpc) is 2.87. The highest BCUT2D eigenvalue weighted by molar-refractivity contribution is 5.29. The number of hydrogen-bond acceptors (Lipinski definition) is 3. The van der Waals surface area contributed by atoms with E-state index in [1.807, 2.05) is 12.4 Å². The zero-order chi connectivity index (χ0) is 14.5. The molecule has 0 aliphatic carbocycles. The Morgan fingerprint density at radius 1 is 1.20 bits per heavy atom. The molecule has 4 nitrogen and oxygen atoms in total. The van der Waals surface area contributed by atoms with E-state index >= 15 is 0 Å². The van der Waals surface area contributed by atoms with Gasteiger partial charge < -0.3 is 5.32 Å². The summed E-state index contributed by atoms with van der Waals surface area (Å²) >= 11 is 0. The maximum Gasteiger partial charge on any atom is 0.0763 e. The predicted molar refractivity (Wildman–Crippen MR) is 81.8 cm³/mol. The van der Waals surface area contributed by atoms with Crippen molar-refractivity contribution in [2.45, 2.75) is 46.7 Å². The number of aromatic nitrogens is 3. The standard InChI is InChI=1S/C16H24N4/c1-5-14-9-15(20(7-3)19-14)16(18-6-2)13-8-12(4)10-17-11-13/h8-11,16,18H,5-7H2,1-4H3. The number of nitrogens with zero attached hydrogens (tertiary/aromatic N) is 3. The van der Waals surface area contributed by atoms with Gasteiger partial charge in [-0.3, -0.25) is 9.67 Å². The summed E-state index contributed by atoms with van der Waals surface area (Å²) in [6.45, 7) is 10.3. The summed E-state index contributed by atoms with van der Waals surface area (Å²) in [5.74, 6) is 0. The Hall–Kier alpha value is -1.68. The quantitative estimate of drug-likeness (QED) is 0.879. The molecule has 2 aromatic rings. The zero-order valence-electron chi connectivity index (χ0n) is 12.8. The first-order valence-corrected chi connectivity index (χ1v) is 7.41. The van der Waals surface area contributed by atoms with Crippen LogP contribution >= 0.6 is 0 Å². The van der Waals surface area contributed by atoms with Crippen LogP contribution < -0.4 is 5.32 Å². The monoisotopic (exact) mass is 272 g/mol. The number of rotatable bonds is 6. The molecule has 4 heteroatoms. The van der Waals surface area contributed by atoms with Crippen LogP contribution in [0.25, 0.3) is 0 Å². The van der Waals surface area contributed by atoms with Crippen LogP contribution in [0.1, 0.15) is 49.3 Å². The van der Waals surface area contributed by atoms with E-state index in [0.717, 1.165) is 25.2 Å². The van der Waals surface area contributed by atoms with E-state index in [4.69, 9.17) is 0 Å². The number of nitrogens with one attached hydrogen (secondary N) is 1. The normalized spacial score (nSPS) is 12.6. The van der Waals surface area contributed by atoms with E-state index < -0.39 is 0 Å². The van der Waals surface area contributed by atoms with Crippen LogP contribution in [0.2, 0.25) is 0 Å². The molecule has 2 heterocycles. The predicted octanol–water partition coefficient (Wildman–Crippen LogP) is 2.87. The van der Waals surface area contributed by atoms with Crippen molar-refractivity contribution in [3.63, 3.8) is 0 Å². The van der Waals surface area contributed by atoms with Crippen LogP contribution in [0.15, 0.2) is 24.5 Å². The molecule has 0 fully saturated rings. The van der Waals surface area contributed by atoms with Crippen LogP contribution in [-0.4, -0.2) is 21.3 Å². The smallest absolute Gasteiger partial charge is 0.0763 e. The fraction of sp³-hybridized carbons (Fsp3) is 0.500. The van der Waals surface area contributed by atoms with Gasteiger partial charge in [0.2, 0.25) is 0 Å². The van der Waals surface area contributed by atoms with Crippen molar-refractivity contribution < 1.29 is 0 Å². The summed E-state index contributed by atoms with van der Waals surface area (Å²) in [6, 6.07) is 4.55. The van der Waals surface area contributed by atoms with Crippen molar-refractivity contribution in [3.8, 4) is 0 Å². The fourth-order valence-electron chi connectivity index (χ4n) is 2.48. The SMILES string of the molecule is CCNC(c1cncc(C)c1)c1cc(CC)nn1CC. The lowest BCUT2D eigenvalue weighted by Gasteiger charge is -2.19. The molecule has 20 heavy (non-hydrogen) atoms. The molecule has 0 aliphatic rings. The van der Waals surface area contributed by atoms with E-state index in [0.29, 0.717) is 0 Å². The average molecular weight is 272 g/mol. The van der Waals surface area contributed by atoms with Gasteiger partial charge in [-0.2, -0.15) is 5.10 Å². The molecule has 0 spiro atoms. The second kappa shape index (κ2) is 6.66. The summed E-state index contributed by atoms with van der Waals surface area (Å²) in [6.07, 6.45) is 4.80. The highest BCUT2D eigenvalue weighted by atomic mass is 15.3. The molecule has 1 atom stereocenters. The van der Waals surface area contributed by atoms with E-state index in [1.54, 1.807) is 0 Å². The Morgan fingerprint density at radius 2 is 2.00 bits per heavy atom. The minimum Gasteiger partial charge on any atom is -0.305 e. The fourth-order valence-corrected chi connectivity index (χ4v) is 2.48. The second-order valence-electron chi connectivity index (χ2n) is 5.02. The Balaban J connectivity index is 2.45. The minimum absolute atomic E-state index is 0.153. The first-order valence-electron chi connectivity index (χ1n) is 7.41. The van der Waals surface area contributed by atoms with Gasteiger partial charge in [0.15, 0.2) is 0 Å². The molecule has 0 amide bonds. The molecular weight excluding hydrogens is 248 g/mol. The maximum atomic E-state index is 4.65. The Kier molecular flexibility index (Phi) is 4.90. The van der Waals surface area contributed by atoms with Crippen molar-refractivity contribution in [1.82, 2.24) is 20.1 Å². The van der Waals surface area contributed by atoms with Gasteiger partial charge in [-0.1, -0.05) is 19.9 Å². The molecule has 2 rings (SSSR count). The third-order valence-corrected chi connectivity index (χ3v) is 3.46. The highest BCUT2D eigenvalue weighted by Crippen LogP contribution is 2.23. The highest BCUT2D eigenvalue weighted by Gasteiger charge is 2.19. The topological polar surface area (TPSA) is 42.7 Å². The van der Waals surface area contributed by atoms with Gasteiger partial charge >= 0.3 is 0 Å². The van der Waals surface area contributed by atoms with Crippen molar-refractivity contribution >= 4 is 0 Å². The Morgan fingerprint density at radius 3 is 2.60 bits per heavy atom. The van der Waals surface area contributed by atoms with E-state index in [1.165, 1.54) is 16.8 Å². The van der Waals surface area contributed by atoms with Crippen LogP contribution in [0.3, 0.4) is 0 Å². The molecular formula is C16H24N4. The zero-order valence-corrected chi connectivity index (χ0v) is 12.8. The van der Waals surface area contributed by atoms with Gasteiger partial charge in [0, 0.05) is 18.9 Å². The summed E-state index contributed by atoms with van der Waals surface area (Å²) < 4.78 is 2.09. The summed E-state index contributed by atoms with van der Waals surface area (Å²) in [7, 11) is 0. The maximum absolute atomic E-state index is 4.65. The van der Waals surface area contributed by atoms with Gasteiger partial charge in [-0.05, 0) is 44.0 Å². The molecule has 1 N–H and O–H groups in total. The van der Waals surface area contributed by atoms with Crippen LogP contribution in [0, 0.1) is 6.92 Å². The van der Waals surface area contributed by atoms with Crippen LogP contribution in [0.4, 0.5) is 0 Å². The Labute approximate surface area is 121 Å². The number of hydrogen-bond donors (Lipinski definition) is 1. The third kappa shape index (κ3) is 3.07. The lowest BCUT2D eigenvalue weighted by molar-refractivity contribution is 0.539.